The molecule has 0 N–H and O–H groups in total. The molecule has 1 atom stereocenters. The number of Topliss-reactive ketones (excluding diaryl/α,β-unsaturated/α-hetero) is 1. The second kappa shape index (κ2) is 5.59. The minimum Gasteiger partial charge on any atom is -0.497 e. The maximum Gasteiger partial charge on any atom is 0.322 e. The number of ether oxygens (including phenoxy) is 3. The number of hydrogen-bond acceptors (Lipinski definition) is 7. The molecule has 1 unspecified atom stereocenters. The van der Waals surface area contributed by atoms with Gasteiger partial charge >= 0.3 is 12.0 Å². The molecule has 22 heavy (non-hydrogen) atoms. The summed E-state index contributed by atoms with van der Waals surface area (Å²) in [5.41, 5.74) is 1.80. The summed E-state index contributed by atoms with van der Waals surface area (Å²) in [5, 5.41) is 0. The molecule has 1 aliphatic carbocycles. The lowest BCUT2D eigenvalue weighted by atomic mass is 9.99. The SMILES string of the molecule is COc1ccc2c(c1)C(c1nc(OC)nc(OC)n1)C(=O)C2. The molecule has 7 nitrogen and oxygen atoms in total. The number of fused-ring (bicyclic) bond motifs is 1. The van der Waals surface area contributed by atoms with Gasteiger partial charge in [0.15, 0.2) is 11.6 Å². The zero-order chi connectivity index (χ0) is 15.7. The number of carbonyl (C=O) groups excluding carboxylic acids is 1. The van der Waals surface area contributed by atoms with Crippen molar-refractivity contribution in [2.24, 2.45) is 0 Å². The van der Waals surface area contributed by atoms with E-state index < -0.39 is 5.92 Å². The summed E-state index contributed by atoms with van der Waals surface area (Å²) < 4.78 is 15.3. The van der Waals surface area contributed by atoms with Gasteiger partial charge in [0, 0.05) is 6.42 Å². The third-order valence-corrected chi connectivity index (χ3v) is 3.59. The average molecular weight is 301 g/mol. The molecule has 0 saturated carbocycles. The normalized spacial score (nSPS) is 16.3. The Labute approximate surface area is 127 Å². The summed E-state index contributed by atoms with van der Waals surface area (Å²) in [6, 6.07) is 5.80. The monoisotopic (exact) mass is 301 g/mol. The molecule has 0 saturated heterocycles. The largest absolute Gasteiger partial charge is 0.497 e. The first kappa shape index (κ1) is 14.2. The number of methoxy groups -OCH3 is 3. The number of benzene rings is 1. The summed E-state index contributed by atoms with van der Waals surface area (Å²) >= 11 is 0. The van der Waals surface area contributed by atoms with Gasteiger partial charge in [-0.3, -0.25) is 4.79 Å². The van der Waals surface area contributed by atoms with Crippen LogP contribution in [0.2, 0.25) is 0 Å². The van der Waals surface area contributed by atoms with Crippen molar-refractivity contribution in [1.82, 2.24) is 15.0 Å². The van der Waals surface area contributed by atoms with E-state index >= 15 is 0 Å². The first-order valence-corrected chi connectivity index (χ1v) is 6.69. The predicted octanol–water partition coefficient (Wildman–Crippen LogP) is 1.15. The van der Waals surface area contributed by atoms with Gasteiger partial charge in [0.05, 0.1) is 21.3 Å². The summed E-state index contributed by atoms with van der Waals surface area (Å²) in [6.07, 6.45) is 0.348. The lowest BCUT2D eigenvalue weighted by Crippen LogP contribution is -2.14. The maximum atomic E-state index is 12.4. The molecule has 1 heterocycles. The Morgan fingerprint density at radius 3 is 2.27 bits per heavy atom. The van der Waals surface area contributed by atoms with Gasteiger partial charge in [0.1, 0.15) is 11.7 Å². The maximum absolute atomic E-state index is 12.4. The standard InChI is InChI=1S/C15H15N3O4/c1-20-9-5-4-8-6-11(19)12(10(8)7-9)13-16-14(21-2)18-15(17-13)22-3/h4-5,7,12H,6H2,1-3H3. The van der Waals surface area contributed by atoms with Crippen molar-refractivity contribution in [2.75, 3.05) is 21.3 Å². The van der Waals surface area contributed by atoms with Crippen LogP contribution in [-0.2, 0) is 11.2 Å². The lowest BCUT2D eigenvalue weighted by Gasteiger charge is -2.11. The Morgan fingerprint density at radius 2 is 1.68 bits per heavy atom. The van der Waals surface area contributed by atoms with Crippen molar-refractivity contribution < 1.29 is 19.0 Å². The molecule has 0 amide bonds. The van der Waals surface area contributed by atoms with Crippen LogP contribution in [-0.4, -0.2) is 42.1 Å². The highest BCUT2D eigenvalue weighted by atomic mass is 16.5. The Hall–Kier alpha value is -2.70. The minimum absolute atomic E-state index is 0.0264. The van der Waals surface area contributed by atoms with E-state index in [2.05, 4.69) is 15.0 Å². The van der Waals surface area contributed by atoms with Gasteiger partial charge < -0.3 is 14.2 Å². The summed E-state index contributed by atoms with van der Waals surface area (Å²) in [6.45, 7) is 0. The van der Waals surface area contributed by atoms with Gasteiger partial charge in [-0.15, -0.1) is 4.98 Å². The molecule has 0 aliphatic heterocycles. The van der Waals surface area contributed by atoms with Crippen LogP contribution in [0.25, 0.3) is 0 Å². The number of ketones is 1. The van der Waals surface area contributed by atoms with Crippen LogP contribution < -0.4 is 14.2 Å². The fourth-order valence-electron chi connectivity index (χ4n) is 2.54. The van der Waals surface area contributed by atoms with E-state index in [-0.39, 0.29) is 17.8 Å². The molecular formula is C15H15N3O4. The van der Waals surface area contributed by atoms with Crippen LogP contribution in [0.1, 0.15) is 22.9 Å². The van der Waals surface area contributed by atoms with Crippen molar-refractivity contribution >= 4 is 5.78 Å². The average Bonchev–Trinajstić information content (AvgIpc) is 2.88. The number of hydrogen-bond donors (Lipinski definition) is 0. The highest BCUT2D eigenvalue weighted by molar-refractivity contribution is 5.94. The molecule has 1 aromatic heterocycles. The number of aromatic nitrogens is 3. The van der Waals surface area contributed by atoms with Crippen molar-refractivity contribution in [3.05, 3.63) is 35.2 Å². The molecule has 0 fully saturated rings. The quantitative estimate of drug-likeness (QED) is 0.837. The fraction of sp³-hybridized carbons (Fsp3) is 0.333. The van der Waals surface area contributed by atoms with Crippen LogP contribution >= 0.6 is 0 Å². The van der Waals surface area contributed by atoms with Crippen LogP contribution in [0.4, 0.5) is 0 Å². The number of carbonyl (C=O) groups is 1. The molecule has 0 spiro atoms. The molecule has 0 radical (unpaired) electrons. The van der Waals surface area contributed by atoms with Crippen molar-refractivity contribution in [2.45, 2.75) is 12.3 Å². The van der Waals surface area contributed by atoms with Gasteiger partial charge in [-0.25, -0.2) is 0 Å². The molecule has 7 heteroatoms. The minimum atomic E-state index is -0.559. The van der Waals surface area contributed by atoms with E-state index in [0.29, 0.717) is 18.0 Å². The first-order chi connectivity index (χ1) is 10.7. The zero-order valence-corrected chi connectivity index (χ0v) is 12.5. The van der Waals surface area contributed by atoms with E-state index in [1.807, 2.05) is 18.2 Å². The molecule has 0 bridgehead atoms. The fourth-order valence-corrected chi connectivity index (χ4v) is 2.54. The van der Waals surface area contributed by atoms with Crippen LogP contribution in [0.5, 0.6) is 17.8 Å². The Kier molecular flexibility index (Phi) is 3.62. The van der Waals surface area contributed by atoms with E-state index in [0.717, 1.165) is 11.1 Å². The molecular weight excluding hydrogens is 286 g/mol. The van der Waals surface area contributed by atoms with Gasteiger partial charge in [-0.2, -0.15) is 9.97 Å². The highest BCUT2D eigenvalue weighted by Crippen LogP contribution is 2.36. The van der Waals surface area contributed by atoms with E-state index in [4.69, 9.17) is 14.2 Å². The van der Waals surface area contributed by atoms with Crippen LogP contribution in [0.15, 0.2) is 18.2 Å². The highest BCUT2D eigenvalue weighted by Gasteiger charge is 2.35. The lowest BCUT2D eigenvalue weighted by molar-refractivity contribution is -0.118. The summed E-state index contributed by atoms with van der Waals surface area (Å²) in [5.74, 6) is 0.474. The molecule has 114 valence electrons. The van der Waals surface area contributed by atoms with E-state index in [9.17, 15) is 4.79 Å². The second-order valence-electron chi connectivity index (χ2n) is 4.81. The Bertz CT molecular complexity index is 710. The van der Waals surface area contributed by atoms with E-state index in [1.165, 1.54) is 14.2 Å². The third-order valence-electron chi connectivity index (χ3n) is 3.59. The molecule has 1 aliphatic rings. The summed E-state index contributed by atoms with van der Waals surface area (Å²) in [4.78, 5) is 24.8. The van der Waals surface area contributed by atoms with Crippen molar-refractivity contribution in [3.63, 3.8) is 0 Å². The van der Waals surface area contributed by atoms with Crippen LogP contribution in [0.3, 0.4) is 0 Å². The van der Waals surface area contributed by atoms with Crippen molar-refractivity contribution in [3.8, 4) is 17.8 Å². The van der Waals surface area contributed by atoms with Gasteiger partial charge in [-0.1, -0.05) is 6.07 Å². The van der Waals surface area contributed by atoms with Crippen LogP contribution in [0, 0.1) is 0 Å². The molecule has 2 aromatic rings. The second-order valence-corrected chi connectivity index (χ2v) is 4.81. The molecule has 1 aromatic carbocycles. The van der Waals surface area contributed by atoms with E-state index in [1.54, 1.807) is 7.11 Å². The van der Waals surface area contributed by atoms with Gasteiger partial charge in [-0.05, 0) is 23.3 Å². The zero-order valence-electron chi connectivity index (χ0n) is 12.5. The topological polar surface area (TPSA) is 83.4 Å². The predicted molar refractivity (Wildman–Crippen MR) is 76.5 cm³/mol. The van der Waals surface area contributed by atoms with Crippen molar-refractivity contribution in [1.29, 1.82) is 0 Å². The summed E-state index contributed by atoms with van der Waals surface area (Å²) in [7, 11) is 4.49. The number of nitrogens with zero attached hydrogens (tertiary/aromatic N) is 3. The van der Waals surface area contributed by atoms with Gasteiger partial charge in [0.2, 0.25) is 0 Å². The Balaban J connectivity index is 2.11. The van der Waals surface area contributed by atoms with Gasteiger partial charge in [0.25, 0.3) is 0 Å². The smallest absolute Gasteiger partial charge is 0.322 e. The third kappa shape index (κ3) is 2.34. The number of rotatable bonds is 4. The Morgan fingerprint density at radius 1 is 1.00 bits per heavy atom. The molecule has 3 rings (SSSR count). The first-order valence-electron chi connectivity index (χ1n) is 6.69.